The van der Waals surface area contributed by atoms with E-state index in [2.05, 4.69) is 33.8 Å². The summed E-state index contributed by atoms with van der Waals surface area (Å²) in [5.41, 5.74) is 6.12. The van der Waals surface area contributed by atoms with E-state index in [0.29, 0.717) is 0 Å². The summed E-state index contributed by atoms with van der Waals surface area (Å²) >= 11 is 0. The van der Waals surface area contributed by atoms with Gasteiger partial charge in [-0.15, -0.1) is 0 Å². The highest BCUT2D eigenvalue weighted by Crippen LogP contribution is 2.15. The van der Waals surface area contributed by atoms with Crippen LogP contribution in [0.2, 0.25) is 0 Å². The summed E-state index contributed by atoms with van der Waals surface area (Å²) in [5.74, 6) is 0. The molecule has 0 spiro atoms. The minimum Gasteiger partial charge on any atom is -0.255 e. The van der Waals surface area contributed by atoms with Crippen LogP contribution in [0.25, 0.3) is 22.8 Å². The Kier molecular flexibility index (Phi) is 5.78. The molecule has 4 heterocycles. The van der Waals surface area contributed by atoms with E-state index in [1.807, 2.05) is 73.1 Å². The molecule has 4 heteroatoms. The molecule has 0 fully saturated rings. The van der Waals surface area contributed by atoms with E-state index < -0.39 is 0 Å². The zero-order valence-electron chi connectivity index (χ0n) is 14.9. The van der Waals surface area contributed by atoms with Crippen LogP contribution in [-0.4, -0.2) is 19.9 Å². The van der Waals surface area contributed by atoms with Crippen LogP contribution in [0.4, 0.5) is 0 Å². The smallest absolute Gasteiger partial charge is 0.0888 e. The molecule has 0 aromatic carbocycles. The van der Waals surface area contributed by atoms with Gasteiger partial charge < -0.3 is 0 Å². The van der Waals surface area contributed by atoms with Crippen molar-refractivity contribution < 1.29 is 0 Å². The maximum Gasteiger partial charge on any atom is 0.0888 e. The van der Waals surface area contributed by atoms with Gasteiger partial charge in [-0.3, -0.25) is 19.9 Å². The molecule has 4 rings (SSSR count). The summed E-state index contributed by atoms with van der Waals surface area (Å²) in [6.45, 7) is 4.11. The lowest BCUT2D eigenvalue weighted by molar-refractivity contribution is 1.21. The van der Waals surface area contributed by atoms with E-state index in [0.717, 1.165) is 22.8 Å². The lowest BCUT2D eigenvalue weighted by Gasteiger charge is -2.01. The molecule has 4 nitrogen and oxygen atoms in total. The molecule has 128 valence electrons. The van der Waals surface area contributed by atoms with Gasteiger partial charge in [-0.25, -0.2) is 0 Å². The van der Waals surface area contributed by atoms with Crippen molar-refractivity contribution in [3.05, 3.63) is 96.6 Å². The van der Waals surface area contributed by atoms with E-state index in [-0.39, 0.29) is 0 Å². The fourth-order valence-electron chi connectivity index (χ4n) is 2.38. The first-order chi connectivity index (χ1) is 12.7. The van der Waals surface area contributed by atoms with Gasteiger partial charge in [-0.1, -0.05) is 12.1 Å². The van der Waals surface area contributed by atoms with Crippen LogP contribution in [0.1, 0.15) is 11.1 Å². The second-order valence-corrected chi connectivity index (χ2v) is 5.87. The van der Waals surface area contributed by atoms with Crippen molar-refractivity contribution in [2.75, 3.05) is 0 Å². The Morgan fingerprint density at radius 2 is 0.885 bits per heavy atom. The molecule has 0 saturated carbocycles. The van der Waals surface area contributed by atoms with Gasteiger partial charge in [0.2, 0.25) is 0 Å². The summed E-state index contributed by atoms with van der Waals surface area (Å²) in [6.07, 6.45) is 7.16. The maximum absolute atomic E-state index is 4.29. The molecule has 0 bridgehead atoms. The van der Waals surface area contributed by atoms with Crippen molar-refractivity contribution in [3.63, 3.8) is 0 Å². The first-order valence-corrected chi connectivity index (χ1v) is 8.40. The van der Waals surface area contributed by atoms with Gasteiger partial charge in [0.05, 0.1) is 22.8 Å². The molecule has 0 aliphatic carbocycles. The Labute approximate surface area is 153 Å². The van der Waals surface area contributed by atoms with E-state index in [9.17, 15) is 0 Å². The van der Waals surface area contributed by atoms with Crippen molar-refractivity contribution in [1.82, 2.24) is 19.9 Å². The highest BCUT2D eigenvalue weighted by molar-refractivity contribution is 5.55. The monoisotopic (exact) mass is 340 g/mol. The summed E-state index contributed by atoms with van der Waals surface area (Å²) in [4.78, 5) is 16.9. The molecule has 4 aromatic rings. The third kappa shape index (κ3) is 4.80. The fraction of sp³-hybridized carbons (Fsp3) is 0.0909. The lowest BCUT2D eigenvalue weighted by Crippen LogP contribution is -1.88. The van der Waals surface area contributed by atoms with Crippen LogP contribution < -0.4 is 0 Å². The predicted molar refractivity (Wildman–Crippen MR) is 104 cm³/mol. The maximum atomic E-state index is 4.29. The number of hydrogen-bond acceptors (Lipinski definition) is 4. The Balaban J connectivity index is 0.000000152. The van der Waals surface area contributed by atoms with Crippen LogP contribution in [0.5, 0.6) is 0 Å². The van der Waals surface area contributed by atoms with Crippen molar-refractivity contribution >= 4 is 0 Å². The van der Waals surface area contributed by atoms with Gasteiger partial charge >= 0.3 is 0 Å². The third-order valence-corrected chi connectivity index (χ3v) is 3.69. The normalized spacial score (nSPS) is 9.92. The summed E-state index contributed by atoms with van der Waals surface area (Å²) in [7, 11) is 0. The second-order valence-electron chi connectivity index (χ2n) is 5.87. The lowest BCUT2D eigenvalue weighted by atomic mass is 10.1. The van der Waals surface area contributed by atoms with E-state index in [4.69, 9.17) is 0 Å². The minimum atomic E-state index is 0.915. The topological polar surface area (TPSA) is 51.6 Å². The molecule has 0 unspecified atom stereocenters. The fourth-order valence-corrected chi connectivity index (χ4v) is 2.38. The SMILES string of the molecule is Cc1ccnc(-c2cc(C)ccn2)c1.c1ccc(-c2ccccn2)nc1. The molecule has 0 N–H and O–H groups in total. The highest BCUT2D eigenvalue weighted by Gasteiger charge is 2.00. The number of hydrogen-bond donors (Lipinski definition) is 0. The van der Waals surface area contributed by atoms with Gasteiger partial charge in [-0.05, 0) is 73.5 Å². The largest absolute Gasteiger partial charge is 0.255 e. The van der Waals surface area contributed by atoms with Crippen LogP contribution in [0.15, 0.2) is 85.5 Å². The summed E-state index contributed by atoms with van der Waals surface area (Å²) in [5, 5.41) is 0. The molecule has 0 aliphatic rings. The zero-order valence-corrected chi connectivity index (χ0v) is 14.9. The minimum absolute atomic E-state index is 0.915. The third-order valence-electron chi connectivity index (χ3n) is 3.69. The number of nitrogens with zero attached hydrogens (tertiary/aromatic N) is 4. The van der Waals surface area contributed by atoms with Crippen molar-refractivity contribution in [3.8, 4) is 22.8 Å². The van der Waals surface area contributed by atoms with Crippen LogP contribution in [0, 0.1) is 13.8 Å². The van der Waals surface area contributed by atoms with Gasteiger partial charge in [0, 0.05) is 24.8 Å². The van der Waals surface area contributed by atoms with Gasteiger partial charge in [-0.2, -0.15) is 0 Å². The molecular formula is C22H20N4. The molecule has 0 saturated heterocycles. The van der Waals surface area contributed by atoms with Gasteiger partial charge in [0.25, 0.3) is 0 Å². The Hall–Kier alpha value is -3.40. The Bertz CT molecular complexity index is 873. The van der Waals surface area contributed by atoms with Crippen LogP contribution in [-0.2, 0) is 0 Å². The van der Waals surface area contributed by atoms with Gasteiger partial charge in [0.15, 0.2) is 0 Å². The second kappa shape index (κ2) is 8.62. The molecular weight excluding hydrogens is 320 g/mol. The Morgan fingerprint density at radius 1 is 0.462 bits per heavy atom. The molecule has 26 heavy (non-hydrogen) atoms. The zero-order chi connectivity index (χ0) is 18.2. The van der Waals surface area contributed by atoms with E-state index in [1.54, 1.807) is 12.4 Å². The number of aryl methyl sites for hydroxylation is 2. The average molecular weight is 340 g/mol. The average Bonchev–Trinajstić information content (AvgIpc) is 2.70. The summed E-state index contributed by atoms with van der Waals surface area (Å²) < 4.78 is 0. The molecule has 0 atom stereocenters. The van der Waals surface area contributed by atoms with E-state index >= 15 is 0 Å². The standard InChI is InChI=1S/C12H12N2.C10H8N2/c1-9-3-5-13-11(7-9)12-8-10(2)4-6-14-12;1-3-7-11-9(5-1)10-6-2-4-8-12-10/h3-8H,1-2H3;1-8H. The van der Waals surface area contributed by atoms with Crippen molar-refractivity contribution in [2.24, 2.45) is 0 Å². The molecule has 0 aliphatic heterocycles. The van der Waals surface area contributed by atoms with Crippen LogP contribution in [0.3, 0.4) is 0 Å². The highest BCUT2D eigenvalue weighted by atomic mass is 14.8. The van der Waals surface area contributed by atoms with Gasteiger partial charge in [0.1, 0.15) is 0 Å². The van der Waals surface area contributed by atoms with Crippen molar-refractivity contribution in [1.29, 1.82) is 0 Å². The Morgan fingerprint density at radius 3 is 1.23 bits per heavy atom. The summed E-state index contributed by atoms with van der Waals surface area (Å²) in [6, 6.07) is 19.7. The number of aromatic nitrogens is 4. The predicted octanol–water partition coefficient (Wildman–Crippen LogP) is 4.90. The van der Waals surface area contributed by atoms with Crippen LogP contribution >= 0.6 is 0 Å². The van der Waals surface area contributed by atoms with E-state index in [1.165, 1.54) is 11.1 Å². The van der Waals surface area contributed by atoms with Crippen molar-refractivity contribution in [2.45, 2.75) is 13.8 Å². The first-order valence-electron chi connectivity index (χ1n) is 8.40. The molecule has 4 aromatic heterocycles. The number of rotatable bonds is 2. The number of pyridine rings is 4. The first kappa shape index (κ1) is 17.4. The quantitative estimate of drug-likeness (QED) is 0.520. The molecule has 0 radical (unpaired) electrons. The molecule has 0 amide bonds.